The standard InChI is InChI=1S/C17H20O2/c1-2-13-10-17(15-8-14(13)9-16(15)18)19-11-12-6-4-3-5-7-12/h2-7,13-15,17H,1,8-11H2/t13-,14+,15-,17-/m0/s1. The summed E-state index contributed by atoms with van der Waals surface area (Å²) in [4.78, 5) is 12.0. The molecule has 0 unspecified atom stereocenters. The number of carbonyl (C=O) groups is 1. The molecule has 0 radical (unpaired) electrons. The molecule has 0 aromatic heterocycles. The third-order valence-electron chi connectivity index (χ3n) is 4.60. The molecular formula is C17H20O2. The lowest BCUT2D eigenvalue weighted by Crippen LogP contribution is -2.33. The summed E-state index contributed by atoms with van der Waals surface area (Å²) in [7, 11) is 0. The Balaban J connectivity index is 1.66. The summed E-state index contributed by atoms with van der Waals surface area (Å²) in [5, 5.41) is 0. The van der Waals surface area contributed by atoms with Gasteiger partial charge in [0.15, 0.2) is 0 Å². The first kappa shape index (κ1) is 12.6. The summed E-state index contributed by atoms with van der Waals surface area (Å²) >= 11 is 0. The van der Waals surface area contributed by atoms with Crippen LogP contribution in [0.2, 0.25) is 0 Å². The Kier molecular flexibility index (Phi) is 3.52. The van der Waals surface area contributed by atoms with Crippen LogP contribution < -0.4 is 0 Å². The number of fused-ring (bicyclic) bond motifs is 2. The van der Waals surface area contributed by atoms with Crippen LogP contribution in [-0.4, -0.2) is 11.9 Å². The van der Waals surface area contributed by atoms with Gasteiger partial charge in [-0.15, -0.1) is 6.58 Å². The number of allylic oxidation sites excluding steroid dienone is 1. The van der Waals surface area contributed by atoms with E-state index in [1.807, 2.05) is 24.3 Å². The third-order valence-corrected chi connectivity index (χ3v) is 4.60. The van der Waals surface area contributed by atoms with E-state index in [-0.39, 0.29) is 12.0 Å². The molecule has 0 N–H and O–H groups in total. The second-order valence-corrected chi connectivity index (χ2v) is 5.74. The lowest BCUT2D eigenvalue weighted by Gasteiger charge is -2.32. The molecule has 1 aromatic carbocycles. The highest BCUT2D eigenvalue weighted by Crippen LogP contribution is 2.45. The lowest BCUT2D eigenvalue weighted by atomic mass is 9.78. The van der Waals surface area contributed by atoms with E-state index < -0.39 is 0 Å². The van der Waals surface area contributed by atoms with E-state index in [0.717, 1.165) is 19.3 Å². The first-order valence-electron chi connectivity index (χ1n) is 7.08. The van der Waals surface area contributed by atoms with Gasteiger partial charge in [0.05, 0.1) is 12.7 Å². The molecule has 2 nitrogen and oxygen atoms in total. The maximum absolute atomic E-state index is 12.0. The summed E-state index contributed by atoms with van der Waals surface area (Å²) in [6.07, 6.45) is 4.77. The minimum absolute atomic E-state index is 0.0782. The zero-order chi connectivity index (χ0) is 13.2. The first-order valence-corrected chi connectivity index (χ1v) is 7.08. The number of hydrogen-bond donors (Lipinski definition) is 0. The van der Waals surface area contributed by atoms with Gasteiger partial charge in [-0.1, -0.05) is 36.4 Å². The van der Waals surface area contributed by atoms with Gasteiger partial charge in [0.2, 0.25) is 0 Å². The highest BCUT2D eigenvalue weighted by Gasteiger charge is 2.46. The number of hydrogen-bond acceptors (Lipinski definition) is 2. The quantitative estimate of drug-likeness (QED) is 0.772. The van der Waals surface area contributed by atoms with Crippen LogP contribution in [0.25, 0.3) is 0 Å². The van der Waals surface area contributed by atoms with Gasteiger partial charge in [-0.2, -0.15) is 0 Å². The zero-order valence-electron chi connectivity index (χ0n) is 11.1. The average molecular weight is 256 g/mol. The number of ketones is 1. The van der Waals surface area contributed by atoms with Crippen molar-refractivity contribution in [2.45, 2.75) is 32.0 Å². The van der Waals surface area contributed by atoms with Crippen molar-refractivity contribution in [1.29, 1.82) is 0 Å². The van der Waals surface area contributed by atoms with Crippen molar-refractivity contribution in [1.82, 2.24) is 0 Å². The van der Waals surface area contributed by atoms with Crippen molar-refractivity contribution in [3.8, 4) is 0 Å². The van der Waals surface area contributed by atoms with Crippen molar-refractivity contribution in [2.75, 3.05) is 0 Å². The first-order chi connectivity index (χ1) is 9.28. The van der Waals surface area contributed by atoms with Crippen molar-refractivity contribution in [2.24, 2.45) is 17.8 Å². The molecule has 3 rings (SSSR count). The van der Waals surface area contributed by atoms with Gasteiger partial charge in [0, 0.05) is 12.3 Å². The van der Waals surface area contributed by atoms with E-state index in [2.05, 4.69) is 18.7 Å². The maximum atomic E-state index is 12.0. The predicted octanol–water partition coefficient (Wildman–Crippen LogP) is 3.37. The molecule has 1 aromatic rings. The molecule has 100 valence electrons. The SMILES string of the molecule is C=C[C@H]1C[C@H](OCc2ccccc2)[C@H]2C[C@@H]1CC2=O. The van der Waals surface area contributed by atoms with Gasteiger partial charge in [0.1, 0.15) is 5.78 Å². The summed E-state index contributed by atoms with van der Waals surface area (Å²) in [5.74, 6) is 1.49. The molecular weight excluding hydrogens is 236 g/mol. The average Bonchev–Trinajstić information content (AvgIpc) is 2.77. The van der Waals surface area contributed by atoms with Gasteiger partial charge in [-0.05, 0) is 30.2 Å². The molecule has 0 heterocycles. The maximum Gasteiger partial charge on any atom is 0.138 e. The Hall–Kier alpha value is -1.41. The predicted molar refractivity (Wildman–Crippen MR) is 74.5 cm³/mol. The summed E-state index contributed by atoms with van der Waals surface area (Å²) in [5.41, 5.74) is 1.17. The number of carbonyl (C=O) groups excluding carboxylic acids is 1. The normalized spacial score (nSPS) is 33.4. The molecule has 2 aliphatic carbocycles. The Morgan fingerprint density at radius 1 is 1.26 bits per heavy atom. The van der Waals surface area contributed by atoms with Crippen LogP contribution in [0.3, 0.4) is 0 Å². The summed E-state index contributed by atoms with van der Waals surface area (Å²) in [6.45, 7) is 4.51. The molecule has 0 spiro atoms. The van der Waals surface area contributed by atoms with Crippen LogP contribution in [0.5, 0.6) is 0 Å². The summed E-state index contributed by atoms with van der Waals surface area (Å²) in [6, 6.07) is 10.2. The highest BCUT2D eigenvalue weighted by molar-refractivity contribution is 5.84. The van der Waals surface area contributed by atoms with E-state index in [1.165, 1.54) is 5.56 Å². The van der Waals surface area contributed by atoms with E-state index >= 15 is 0 Å². The molecule has 4 atom stereocenters. The summed E-state index contributed by atoms with van der Waals surface area (Å²) < 4.78 is 6.03. The van der Waals surface area contributed by atoms with Gasteiger partial charge < -0.3 is 4.74 Å². The molecule has 2 heteroatoms. The van der Waals surface area contributed by atoms with E-state index in [4.69, 9.17) is 4.74 Å². The second-order valence-electron chi connectivity index (χ2n) is 5.74. The molecule has 2 aliphatic rings. The molecule has 19 heavy (non-hydrogen) atoms. The van der Waals surface area contributed by atoms with Gasteiger partial charge in [-0.3, -0.25) is 4.79 Å². The molecule has 2 bridgehead atoms. The largest absolute Gasteiger partial charge is 0.373 e. The molecule has 0 amide bonds. The molecule has 0 aliphatic heterocycles. The van der Waals surface area contributed by atoms with Crippen LogP contribution in [-0.2, 0) is 16.1 Å². The van der Waals surface area contributed by atoms with Crippen LogP contribution in [0, 0.1) is 17.8 Å². The smallest absolute Gasteiger partial charge is 0.138 e. The van der Waals surface area contributed by atoms with Crippen LogP contribution in [0.4, 0.5) is 0 Å². The lowest BCUT2D eigenvalue weighted by molar-refractivity contribution is -0.126. The molecule has 2 fully saturated rings. The number of benzene rings is 1. The minimum Gasteiger partial charge on any atom is -0.373 e. The Morgan fingerprint density at radius 3 is 2.79 bits per heavy atom. The van der Waals surface area contributed by atoms with E-state index in [0.29, 0.717) is 24.2 Å². The van der Waals surface area contributed by atoms with Crippen molar-refractivity contribution in [3.63, 3.8) is 0 Å². The zero-order valence-corrected chi connectivity index (χ0v) is 11.1. The van der Waals surface area contributed by atoms with Crippen molar-refractivity contribution < 1.29 is 9.53 Å². The van der Waals surface area contributed by atoms with Gasteiger partial charge >= 0.3 is 0 Å². The fourth-order valence-corrected chi connectivity index (χ4v) is 3.51. The Morgan fingerprint density at radius 2 is 2.05 bits per heavy atom. The number of ether oxygens (including phenoxy) is 1. The fourth-order valence-electron chi connectivity index (χ4n) is 3.51. The van der Waals surface area contributed by atoms with Gasteiger partial charge in [-0.25, -0.2) is 0 Å². The minimum atomic E-state index is 0.0782. The van der Waals surface area contributed by atoms with Crippen LogP contribution in [0.1, 0.15) is 24.8 Å². The fraction of sp³-hybridized carbons (Fsp3) is 0.471. The highest BCUT2D eigenvalue weighted by atomic mass is 16.5. The van der Waals surface area contributed by atoms with Gasteiger partial charge in [0.25, 0.3) is 0 Å². The second kappa shape index (κ2) is 5.30. The number of Topliss-reactive ketones (excluding diaryl/α,β-unsaturated/α-hetero) is 1. The van der Waals surface area contributed by atoms with Crippen molar-refractivity contribution in [3.05, 3.63) is 48.6 Å². The molecule has 2 saturated carbocycles. The third kappa shape index (κ3) is 2.50. The van der Waals surface area contributed by atoms with Crippen molar-refractivity contribution >= 4 is 5.78 Å². The molecule has 0 saturated heterocycles. The Bertz CT molecular complexity index is 465. The Labute approximate surface area is 114 Å². The monoisotopic (exact) mass is 256 g/mol. The van der Waals surface area contributed by atoms with Crippen LogP contribution >= 0.6 is 0 Å². The topological polar surface area (TPSA) is 26.3 Å². The van der Waals surface area contributed by atoms with Crippen LogP contribution in [0.15, 0.2) is 43.0 Å². The van der Waals surface area contributed by atoms with E-state index in [9.17, 15) is 4.79 Å². The number of rotatable bonds is 4. The van der Waals surface area contributed by atoms with E-state index in [1.54, 1.807) is 0 Å².